The van der Waals surface area contributed by atoms with Crippen molar-refractivity contribution < 1.29 is 0 Å². The second kappa shape index (κ2) is 13.1. The maximum absolute atomic E-state index is 5.33. The molecule has 12 aromatic rings. The summed E-state index contributed by atoms with van der Waals surface area (Å²) in [5.74, 6) is 2.02. The van der Waals surface area contributed by atoms with Crippen LogP contribution in [0, 0.1) is 0 Å². The Balaban J connectivity index is 1.03. The lowest BCUT2D eigenvalue weighted by atomic mass is 9.91. The van der Waals surface area contributed by atoms with Gasteiger partial charge in [0.2, 0.25) is 5.95 Å². The summed E-state index contributed by atoms with van der Waals surface area (Å²) in [4.78, 5) is 18.1. The lowest BCUT2D eigenvalue weighted by molar-refractivity contribution is 0.728. The average molecular weight is 805 g/mol. The van der Waals surface area contributed by atoms with E-state index in [0.717, 1.165) is 33.5 Å². The maximum Gasteiger partial charge on any atom is 0.234 e. The molecule has 0 saturated carbocycles. The highest BCUT2D eigenvalue weighted by Gasteiger charge is 2.41. The van der Waals surface area contributed by atoms with Gasteiger partial charge >= 0.3 is 0 Å². The fraction of sp³-hybridized carbons (Fsp3) is 0.0351. The first-order chi connectivity index (χ1) is 31.3. The third-order valence-electron chi connectivity index (χ3n) is 13.4. The number of anilines is 2. The van der Waals surface area contributed by atoms with Crippen LogP contribution in [0.25, 0.3) is 99.5 Å². The van der Waals surface area contributed by atoms with Crippen LogP contribution in [0.1, 0.15) is 11.5 Å². The molecule has 8 aromatic carbocycles. The van der Waals surface area contributed by atoms with E-state index in [4.69, 9.17) is 15.0 Å². The molecule has 2 unspecified atom stereocenters. The first-order valence-electron chi connectivity index (χ1n) is 21.6. The molecule has 0 bridgehead atoms. The van der Waals surface area contributed by atoms with Crippen molar-refractivity contribution in [3.8, 4) is 39.6 Å². The molecule has 0 spiro atoms. The van der Waals surface area contributed by atoms with Crippen LogP contribution < -0.4 is 4.90 Å². The van der Waals surface area contributed by atoms with Crippen LogP contribution in [0.4, 0.5) is 11.6 Å². The van der Waals surface area contributed by atoms with Gasteiger partial charge in [-0.3, -0.25) is 0 Å². The SMILES string of the molecule is C1=CC2c3ccc4c5ccccc5n(-c5cccc(-c6cc7c8ccccc8n8c9ccccc9c(c6)c78)c5)c4c3N(c3nc(-c4ccccc4)nc(-c4ccccc4)n3)C2C=C1. The number of hydrogen-bond acceptors (Lipinski definition) is 4. The van der Waals surface area contributed by atoms with Crippen molar-refractivity contribution in [2.75, 3.05) is 4.90 Å². The van der Waals surface area contributed by atoms with E-state index in [1.165, 1.54) is 65.6 Å². The standard InChI is InChI=1S/C57H36N6/c1-3-16-35(17-4-1)55-58-56(36-18-5-2-6-19-36)60-57(59-55)63-51-29-14-8-23-41(51)45-31-30-44-40-22-7-11-26-48(40)61(53(44)54(45)63)39-21-15-20-37(32-39)38-33-46-42-24-9-12-27-49(42)62-50-28-13-10-25-43(50)47(34-38)52(46)62/h1-34,41,51H. The van der Waals surface area contributed by atoms with E-state index in [0.29, 0.717) is 17.6 Å². The monoisotopic (exact) mass is 804 g/mol. The number of hydrogen-bond donors (Lipinski definition) is 0. The smallest absolute Gasteiger partial charge is 0.234 e. The first kappa shape index (κ1) is 34.4. The Morgan fingerprint density at radius 2 is 0.968 bits per heavy atom. The Morgan fingerprint density at radius 3 is 1.63 bits per heavy atom. The third-order valence-corrected chi connectivity index (χ3v) is 13.4. The number of para-hydroxylation sites is 3. The number of allylic oxidation sites excluding steroid dienone is 2. The Hall–Kier alpha value is -8.35. The van der Waals surface area contributed by atoms with E-state index in [1.54, 1.807) is 0 Å². The Labute approximate surface area is 362 Å². The summed E-state index contributed by atoms with van der Waals surface area (Å²) in [5, 5.41) is 7.48. The lowest BCUT2D eigenvalue weighted by Crippen LogP contribution is -2.30. The molecule has 1 aliphatic heterocycles. The van der Waals surface area contributed by atoms with E-state index >= 15 is 0 Å². The van der Waals surface area contributed by atoms with Crippen molar-refractivity contribution in [1.82, 2.24) is 23.9 Å². The van der Waals surface area contributed by atoms with E-state index in [2.05, 4.69) is 184 Å². The fourth-order valence-electron chi connectivity index (χ4n) is 10.7. The largest absolute Gasteiger partial charge is 0.308 e. The highest BCUT2D eigenvalue weighted by atomic mass is 15.3. The van der Waals surface area contributed by atoms with Crippen molar-refractivity contribution in [3.05, 3.63) is 212 Å². The molecule has 63 heavy (non-hydrogen) atoms. The summed E-state index contributed by atoms with van der Waals surface area (Å²) in [6.07, 6.45) is 8.96. The fourth-order valence-corrected chi connectivity index (χ4v) is 10.7. The summed E-state index contributed by atoms with van der Waals surface area (Å²) >= 11 is 0. The highest BCUT2D eigenvalue weighted by Crippen LogP contribution is 2.52. The highest BCUT2D eigenvalue weighted by molar-refractivity contribution is 6.24. The molecule has 6 heteroatoms. The summed E-state index contributed by atoms with van der Waals surface area (Å²) in [6.45, 7) is 0. The van der Waals surface area contributed by atoms with Gasteiger partial charge in [-0.2, -0.15) is 9.97 Å². The van der Waals surface area contributed by atoms with Crippen molar-refractivity contribution >= 4 is 71.5 Å². The molecule has 2 atom stereocenters. The lowest BCUT2D eigenvalue weighted by Gasteiger charge is -2.27. The van der Waals surface area contributed by atoms with Gasteiger partial charge in [0.05, 0.1) is 39.3 Å². The third kappa shape index (κ3) is 4.91. The number of benzene rings is 8. The molecule has 0 saturated heterocycles. The zero-order chi connectivity index (χ0) is 41.2. The average Bonchev–Trinajstić information content (AvgIpc) is 4.09. The van der Waals surface area contributed by atoms with E-state index < -0.39 is 0 Å². The minimum absolute atomic E-state index is 0.0346. The van der Waals surface area contributed by atoms with Gasteiger partial charge in [0, 0.05) is 55.0 Å². The molecule has 294 valence electrons. The molecular formula is C57H36N6. The van der Waals surface area contributed by atoms with E-state index in [9.17, 15) is 0 Å². The Kier molecular flexibility index (Phi) is 7.13. The van der Waals surface area contributed by atoms with Crippen molar-refractivity contribution in [2.24, 2.45) is 0 Å². The molecule has 0 amide bonds. The van der Waals surface area contributed by atoms with Gasteiger partial charge in [0.15, 0.2) is 11.6 Å². The molecule has 5 heterocycles. The Morgan fingerprint density at radius 1 is 0.397 bits per heavy atom. The van der Waals surface area contributed by atoms with Gasteiger partial charge in [-0.05, 0) is 59.2 Å². The molecule has 2 aliphatic rings. The second-order valence-corrected chi connectivity index (χ2v) is 16.8. The van der Waals surface area contributed by atoms with Crippen LogP contribution in [0.3, 0.4) is 0 Å². The normalized spacial score (nSPS) is 15.8. The van der Waals surface area contributed by atoms with Crippen LogP contribution >= 0.6 is 0 Å². The van der Waals surface area contributed by atoms with Gasteiger partial charge in [-0.15, -0.1) is 0 Å². The van der Waals surface area contributed by atoms with Gasteiger partial charge < -0.3 is 13.9 Å². The number of aromatic nitrogens is 5. The Bertz CT molecular complexity index is 3740. The van der Waals surface area contributed by atoms with Crippen LogP contribution in [0.15, 0.2) is 206 Å². The first-order valence-corrected chi connectivity index (χ1v) is 21.6. The van der Waals surface area contributed by atoms with Crippen molar-refractivity contribution in [1.29, 1.82) is 0 Å². The van der Waals surface area contributed by atoms with Crippen LogP contribution in [0.5, 0.6) is 0 Å². The maximum atomic E-state index is 5.33. The molecular weight excluding hydrogens is 769 g/mol. The molecule has 0 radical (unpaired) electrons. The zero-order valence-electron chi connectivity index (χ0n) is 34.0. The summed E-state index contributed by atoms with van der Waals surface area (Å²) in [6, 6.07) is 65.4. The predicted molar refractivity (Wildman–Crippen MR) is 259 cm³/mol. The van der Waals surface area contributed by atoms with Crippen molar-refractivity contribution in [2.45, 2.75) is 12.0 Å². The van der Waals surface area contributed by atoms with Crippen LogP contribution in [0.2, 0.25) is 0 Å². The van der Waals surface area contributed by atoms with Gasteiger partial charge in [0.25, 0.3) is 0 Å². The summed E-state index contributed by atoms with van der Waals surface area (Å²) < 4.78 is 4.92. The topological polar surface area (TPSA) is 51.2 Å². The van der Waals surface area contributed by atoms with Gasteiger partial charge in [0.1, 0.15) is 0 Å². The summed E-state index contributed by atoms with van der Waals surface area (Å²) in [7, 11) is 0. The second-order valence-electron chi connectivity index (χ2n) is 16.8. The molecule has 4 aromatic heterocycles. The van der Waals surface area contributed by atoms with Gasteiger partial charge in [-0.1, -0.05) is 164 Å². The number of fused-ring (bicyclic) bond motifs is 13. The molecule has 14 rings (SSSR count). The van der Waals surface area contributed by atoms with Crippen molar-refractivity contribution in [3.63, 3.8) is 0 Å². The quantitative estimate of drug-likeness (QED) is 0.174. The van der Waals surface area contributed by atoms with Crippen LogP contribution in [-0.4, -0.2) is 30.0 Å². The minimum Gasteiger partial charge on any atom is -0.308 e. The van der Waals surface area contributed by atoms with E-state index in [-0.39, 0.29) is 12.0 Å². The van der Waals surface area contributed by atoms with E-state index in [1.807, 2.05) is 36.4 Å². The zero-order valence-corrected chi connectivity index (χ0v) is 34.0. The predicted octanol–water partition coefficient (Wildman–Crippen LogP) is 13.8. The number of rotatable bonds is 5. The number of nitrogens with zero attached hydrogens (tertiary/aromatic N) is 6. The van der Waals surface area contributed by atoms with Crippen LogP contribution in [-0.2, 0) is 0 Å². The molecule has 1 aliphatic carbocycles. The molecule has 0 N–H and O–H groups in total. The van der Waals surface area contributed by atoms with Gasteiger partial charge in [-0.25, -0.2) is 4.98 Å². The summed E-state index contributed by atoms with van der Waals surface area (Å²) in [5.41, 5.74) is 13.8. The molecule has 0 fully saturated rings. The minimum atomic E-state index is -0.0346. The molecule has 6 nitrogen and oxygen atoms in total.